The Morgan fingerprint density at radius 1 is 1.00 bits per heavy atom. The highest BCUT2D eigenvalue weighted by atomic mass is 35.5. The maximum Gasteiger partial charge on any atom is 0.174 e. The summed E-state index contributed by atoms with van der Waals surface area (Å²) in [4.78, 5) is 23.9. The Hall–Kier alpha value is -2.13. The Bertz CT molecular complexity index is 635. The third kappa shape index (κ3) is 3.20. The summed E-state index contributed by atoms with van der Waals surface area (Å²) in [5.74, 6) is -0.856. The zero-order valence-corrected chi connectivity index (χ0v) is 10.7. The fourth-order valence-electron chi connectivity index (χ4n) is 1.71. The van der Waals surface area contributed by atoms with Gasteiger partial charge in [0.25, 0.3) is 0 Å². The molecular weight excluding hydrogens is 264 g/mol. The van der Waals surface area contributed by atoms with E-state index in [9.17, 15) is 14.7 Å². The molecule has 0 radical (unpaired) electrons. The number of hydrogen-bond acceptors (Lipinski definition) is 3. The summed E-state index contributed by atoms with van der Waals surface area (Å²) in [7, 11) is 0. The Kier molecular flexibility index (Phi) is 3.97. The zero-order chi connectivity index (χ0) is 13.8. The third-order valence-corrected chi connectivity index (χ3v) is 2.91. The molecule has 0 saturated carbocycles. The fraction of sp³-hybridized carbons (Fsp3) is 0.0667. The summed E-state index contributed by atoms with van der Waals surface area (Å²) >= 11 is 5.79. The molecule has 0 aliphatic carbocycles. The molecule has 2 aromatic carbocycles. The van der Waals surface area contributed by atoms with E-state index in [0.717, 1.165) is 0 Å². The second kappa shape index (κ2) is 5.67. The molecule has 0 aliphatic rings. The Labute approximate surface area is 115 Å². The standard InChI is InChI=1S/C15H11ClO3/c16-11-5-3-4-10(8-11)14(18)9-15(19)12-6-1-2-7-13(12)17/h1-8,17H,9H2. The van der Waals surface area contributed by atoms with Gasteiger partial charge in [-0.15, -0.1) is 0 Å². The molecule has 0 aromatic heterocycles. The van der Waals surface area contributed by atoms with Crippen molar-refractivity contribution in [1.82, 2.24) is 0 Å². The lowest BCUT2D eigenvalue weighted by Crippen LogP contribution is -2.08. The van der Waals surface area contributed by atoms with E-state index < -0.39 is 5.78 Å². The normalized spacial score (nSPS) is 10.2. The summed E-state index contributed by atoms with van der Waals surface area (Å²) in [6.45, 7) is 0. The lowest BCUT2D eigenvalue weighted by atomic mass is 10.0. The number of hydrogen-bond donors (Lipinski definition) is 1. The Balaban J connectivity index is 2.16. The first-order valence-electron chi connectivity index (χ1n) is 5.68. The van der Waals surface area contributed by atoms with Gasteiger partial charge in [-0.1, -0.05) is 35.9 Å². The van der Waals surface area contributed by atoms with Crippen molar-refractivity contribution in [3.05, 3.63) is 64.7 Å². The van der Waals surface area contributed by atoms with E-state index in [1.807, 2.05) is 0 Å². The van der Waals surface area contributed by atoms with Crippen LogP contribution in [0.2, 0.25) is 5.02 Å². The number of phenols is 1. The van der Waals surface area contributed by atoms with Gasteiger partial charge in [0.15, 0.2) is 11.6 Å². The molecule has 0 spiro atoms. The maximum absolute atomic E-state index is 11.9. The van der Waals surface area contributed by atoms with Crippen LogP contribution in [0.1, 0.15) is 27.1 Å². The van der Waals surface area contributed by atoms with E-state index in [-0.39, 0.29) is 23.5 Å². The average molecular weight is 275 g/mol. The lowest BCUT2D eigenvalue weighted by molar-refractivity contribution is 0.0893. The van der Waals surface area contributed by atoms with E-state index in [2.05, 4.69) is 0 Å². The zero-order valence-electron chi connectivity index (χ0n) is 9.97. The number of carbonyl (C=O) groups excluding carboxylic acids is 2. The molecule has 1 N–H and O–H groups in total. The smallest absolute Gasteiger partial charge is 0.174 e. The summed E-state index contributed by atoms with van der Waals surface area (Å²) in [5, 5.41) is 10.0. The summed E-state index contributed by atoms with van der Waals surface area (Å²) in [6.07, 6.45) is -0.294. The predicted molar refractivity (Wildman–Crippen MR) is 72.8 cm³/mol. The predicted octanol–water partition coefficient (Wildman–Crippen LogP) is 3.50. The van der Waals surface area contributed by atoms with Crippen molar-refractivity contribution >= 4 is 23.2 Å². The van der Waals surface area contributed by atoms with Crippen LogP contribution < -0.4 is 0 Å². The first-order valence-corrected chi connectivity index (χ1v) is 6.05. The highest BCUT2D eigenvalue weighted by Crippen LogP contribution is 2.19. The number of para-hydroxylation sites is 1. The molecule has 96 valence electrons. The second-order valence-electron chi connectivity index (χ2n) is 4.05. The van der Waals surface area contributed by atoms with Gasteiger partial charge in [0, 0.05) is 10.6 Å². The number of carbonyl (C=O) groups is 2. The van der Waals surface area contributed by atoms with Crippen molar-refractivity contribution in [2.24, 2.45) is 0 Å². The summed E-state index contributed by atoms with van der Waals surface area (Å²) in [6, 6.07) is 12.6. The van der Waals surface area contributed by atoms with Crippen LogP contribution in [-0.2, 0) is 0 Å². The van der Waals surface area contributed by atoms with Crippen LogP contribution in [0.3, 0.4) is 0 Å². The molecule has 3 nitrogen and oxygen atoms in total. The Morgan fingerprint density at radius 3 is 2.42 bits per heavy atom. The van der Waals surface area contributed by atoms with Crippen LogP contribution in [0, 0.1) is 0 Å². The van der Waals surface area contributed by atoms with Gasteiger partial charge in [-0.05, 0) is 24.3 Å². The number of halogens is 1. The number of rotatable bonds is 4. The largest absolute Gasteiger partial charge is 0.507 e. The lowest BCUT2D eigenvalue weighted by Gasteiger charge is -2.03. The minimum Gasteiger partial charge on any atom is -0.507 e. The molecule has 0 aliphatic heterocycles. The number of phenolic OH excluding ortho intramolecular Hbond substituents is 1. The molecular formula is C15H11ClO3. The molecule has 0 bridgehead atoms. The van der Waals surface area contributed by atoms with Crippen molar-refractivity contribution in [2.75, 3.05) is 0 Å². The maximum atomic E-state index is 11.9. The highest BCUT2D eigenvalue weighted by Gasteiger charge is 2.16. The van der Waals surface area contributed by atoms with Gasteiger partial charge in [0.1, 0.15) is 5.75 Å². The summed E-state index contributed by atoms with van der Waals surface area (Å²) < 4.78 is 0. The van der Waals surface area contributed by atoms with E-state index >= 15 is 0 Å². The van der Waals surface area contributed by atoms with E-state index in [1.54, 1.807) is 30.3 Å². The monoisotopic (exact) mass is 274 g/mol. The van der Waals surface area contributed by atoms with E-state index in [0.29, 0.717) is 10.6 Å². The fourth-order valence-corrected chi connectivity index (χ4v) is 1.90. The molecule has 0 fully saturated rings. The number of benzene rings is 2. The van der Waals surface area contributed by atoms with Crippen molar-refractivity contribution in [3.8, 4) is 5.75 Å². The van der Waals surface area contributed by atoms with Gasteiger partial charge in [-0.2, -0.15) is 0 Å². The molecule has 2 aromatic rings. The minimum atomic E-state index is -0.414. The van der Waals surface area contributed by atoms with E-state index in [1.165, 1.54) is 18.2 Å². The van der Waals surface area contributed by atoms with Gasteiger partial charge < -0.3 is 5.11 Å². The van der Waals surface area contributed by atoms with Crippen LogP contribution in [0.15, 0.2) is 48.5 Å². The van der Waals surface area contributed by atoms with Crippen molar-refractivity contribution < 1.29 is 14.7 Å². The quantitative estimate of drug-likeness (QED) is 0.686. The number of aromatic hydroxyl groups is 1. The third-order valence-electron chi connectivity index (χ3n) is 2.67. The van der Waals surface area contributed by atoms with Gasteiger partial charge >= 0.3 is 0 Å². The topological polar surface area (TPSA) is 54.4 Å². The molecule has 19 heavy (non-hydrogen) atoms. The van der Waals surface area contributed by atoms with Gasteiger partial charge in [-0.3, -0.25) is 9.59 Å². The van der Waals surface area contributed by atoms with Crippen molar-refractivity contribution in [2.45, 2.75) is 6.42 Å². The molecule has 0 atom stereocenters. The first kappa shape index (κ1) is 13.3. The minimum absolute atomic E-state index is 0.119. The van der Waals surface area contributed by atoms with Crippen LogP contribution in [0.25, 0.3) is 0 Å². The number of Topliss-reactive ketones (excluding diaryl/α,β-unsaturated/α-hetero) is 2. The molecule has 2 rings (SSSR count). The number of ketones is 2. The van der Waals surface area contributed by atoms with Gasteiger partial charge in [0.2, 0.25) is 0 Å². The summed E-state index contributed by atoms with van der Waals surface area (Å²) in [5.41, 5.74) is 0.536. The highest BCUT2D eigenvalue weighted by molar-refractivity contribution is 6.31. The van der Waals surface area contributed by atoms with Crippen LogP contribution >= 0.6 is 11.6 Å². The van der Waals surface area contributed by atoms with Crippen molar-refractivity contribution in [3.63, 3.8) is 0 Å². The second-order valence-corrected chi connectivity index (χ2v) is 4.49. The van der Waals surface area contributed by atoms with Crippen LogP contribution in [0.4, 0.5) is 0 Å². The van der Waals surface area contributed by atoms with Gasteiger partial charge in [0.05, 0.1) is 12.0 Å². The molecule has 0 heterocycles. The molecule has 0 amide bonds. The van der Waals surface area contributed by atoms with Crippen molar-refractivity contribution in [1.29, 1.82) is 0 Å². The van der Waals surface area contributed by atoms with Crippen LogP contribution in [0.5, 0.6) is 5.75 Å². The van der Waals surface area contributed by atoms with Crippen LogP contribution in [-0.4, -0.2) is 16.7 Å². The molecule has 0 saturated heterocycles. The van der Waals surface area contributed by atoms with Gasteiger partial charge in [-0.25, -0.2) is 0 Å². The van der Waals surface area contributed by atoms with E-state index in [4.69, 9.17) is 11.6 Å². The SMILES string of the molecule is O=C(CC(=O)c1ccccc1O)c1cccc(Cl)c1. The first-order chi connectivity index (χ1) is 9.08. The molecule has 4 heteroatoms. The molecule has 0 unspecified atom stereocenters. The average Bonchev–Trinajstić information content (AvgIpc) is 2.39. The Morgan fingerprint density at radius 2 is 1.74 bits per heavy atom.